The normalized spacial score (nSPS) is 12.4. The van der Waals surface area contributed by atoms with E-state index >= 15 is 0 Å². The molecular formula is C21H18FNO2. The Morgan fingerprint density at radius 2 is 1.76 bits per heavy atom. The first-order valence-corrected chi connectivity index (χ1v) is 8.00. The average Bonchev–Trinajstić information content (AvgIpc) is 2.65. The van der Waals surface area contributed by atoms with Gasteiger partial charge in [0.05, 0.1) is 12.6 Å². The largest absolute Gasteiger partial charge is 0.394 e. The van der Waals surface area contributed by atoms with Gasteiger partial charge in [0.1, 0.15) is 5.82 Å². The Kier molecular flexibility index (Phi) is 5.21. The van der Waals surface area contributed by atoms with Crippen LogP contribution in [0.25, 0.3) is 16.8 Å². The molecule has 0 fully saturated rings. The van der Waals surface area contributed by atoms with E-state index in [-0.39, 0.29) is 12.4 Å². The van der Waals surface area contributed by atoms with Crippen LogP contribution in [0.2, 0.25) is 0 Å². The zero-order chi connectivity index (χ0) is 17.6. The van der Waals surface area contributed by atoms with E-state index in [1.165, 1.54) is 18.2 Å². The van der Waals surface area contributed by atoms with E-state index in [4.69, 9.17) is 0 Å². The summed E-state index contributed by atoms with van der Waals surface area (Å²) in [5.41, 5.74) is 1.15. The van der Waals surface area contributed by atoms with Crippen LogP contribution in [0, 0.1) is 5.82 Å². The second-order valence-corrected chi connectivity index (χ2v) is 5.71. The van der Waals surface area contributed by atoms with Gasteiger partial charge in [-0.05, 0) is 34.5 Å². The molecule has 25 heavy (non-hydrogen) atoms. The third-order valence-electron chi connectivity index (χ3n) is 3.99. The average molecular weight is 335 g/mol. The lowest BCUT2D eigenvalue weighted by Gasteiger charge is -2.16. The monoisotopic (exact) mass is 335 g/mol. The molecule has 3 aromatic rings. The van der Waals surface area contributed by atoms with Gasteiger partial charge in [-0.15, -0.1) is 0 Å². The van der Waals surface area contributed by atoms with Crippen LogP contribution in [0.4, 0.5) is 4.39 Å². The summed E-state index contributed by atoms with van der Waals surface area (Å²) in [6.45, 7) is -0.225. The molecule has 2 N–H and O–H groups in total. The van der Waals surface area contributed by atoms with Crippen LogP contribution in [0.3, 0.4) is 0 Å². The van der Waals surface area contributed by atoms with E-state index in [9.17, 15) is 14.3 Å². The van der Waals surface area contributed by atoms with Crippen LogP contribution in [0.1, 0.15) is 17.2 Å². The number of carbonyl (C=O) groups is 1. The van der Waals surface area contributed by atoms with Crippen molar-refractivity contribution in [3.63, 3.8) is 0 Å². The highest BCUT2D eigenvalue weighted by Crippen LogP contribution is 2.20. The predicted molar refractivity (Wildman–Crippen MR) is 97.4 cm³/mol. The lowest BCUT2D eigenvalue weighted by Crippen LogP contribution is -2.29. The third-order valence-corrected chi connectivity index (χ3v) is 3.99. The van der Waals surface area contributed by atoms with Crippen LogP contribution in [-0.4, -0.2) is 17.6 Å². The van der Waals surface area contributed by atoms with Crippen LogP contribution < -0.4 is 5.32 Å². The maximum Gasteiger partial charge on any atom is 0.244 e. The molecule has 0 bridgehead atoms. The predicted octanol–water partition coefficient (Wildman–Crippen LogP) is 3.84. The number of hydrogen-bond donors (Lipinski definition) is 2. The van der Waals surface area contributed by atoms with Gasteiger partial charge in [-0.1, -0.05) is 54.6 Å². The van der Waals surface area contributed by atoms with Crippen molar-refractivity contribution in [1.29, 1.82) is 0 Å². The number of benzene rings is 3. The molecule has 0 radical (unpaired) electrons. The molecule has 3 aromatic carbocycles. The van der Waals surface area contributed by atoms with Crippen LogP contribution in [0.15, 0.2) is 72.8 Å². The number of halogens is 1. The molecule has 0 spiro atoms. The Hall–Kier alpha value is -2.98. The van der Waals surface area contributed by atoms with Crippen LogP contribution in [0.5, 0.6) is 0 Å². The van der Waals surface area contributed by atoms with E-state index in [0.717, 1.165) is 16.3 Å². The molecule has 0 aromatic heterocycles. The van der Waals surface area contributed by atoms with E-state index in [0.29, 0.717) is 5.56 Å². The molecule has 126 valence electrons. The molecule has 0 heterocycles. The molecule has 3 rings (SSSR count). The van der Waals surface area contributed by atoms with Crippen molar-refractivity contribution in [3.05, 3.63) is 89.8 Å². The molecule has 3 nitrogen and oxygen atoms in total. The van der Waals surface area contributed by atoms with E-state index in [1.807, 2.05) is 42.5 Å². The van der Waals surface area contributed by atoms with Crippen molar-refractivity contribution < 1.29 is 14.3 Å². The number of aliphatic hydroxyl groups is 1. The summed E-state index contributed by atoms with van der Waals surface area (Å²) in [6, 6.07) is 19.3. The number of aliphatic hydroxyl groups excluding tert-OH is 1. The Labute approximate surface area is 145 Å². The summed E-state index contributed by atoms with van der Waals surface area (Å²) in [6.07, 6.45) is 2.68. The molecule has 0 saturated carbocycles. The molecule has 0 aliphatic heterocycles. The Balaban J connectivity index is 1.74. The lowest BCUT2D eigenvalue weighted by molar-refractivity contribution is -0.117. The smallest absolute Gasteiger partial charge is 0.244 e. The Morgan fingerprint density at radius 3 is 2.52 bits per heavy atom. The number of carbonyl (C=O) groups excluding carboxylic acids is 1. The summed E-state index contributed by atoms with van der Waals surface area (Å²) < 4.78 is 13.6. The van der Waals surface area contributed by atoms with Crippen molar-refractivity contribution in [2.24, 2.45) is 0 Å². The topological polar surface area (TPSA) is 49.3 Å². The van der Waals surface area contributed by atoms with Crippen LogP contribution in [-0.2, 0) is 4.79 Å². The summed E-state index contributed by atoms with van der Waals surface area (Å²) in [7, 11) is 0. The minimum absolute atomic E-state index is 0.225. The van der Waals surface area contributed by atoms with Gasteiger partial charge in [0, 0.05) is 11.6 Å². The maximum absolute atomic E-state index is 13.6. The van der Waals surface area contributed by atoms with E-state index < -0.39 is 11.9 Å². The van der Waals surface area contributed by atoms with Gasteiger partial charge in [0.25, 0.3) is 0 Å². The van der Waals surface area contributed by atoms with Gasteiger partial charge < -0.3 is 10.4 Å². The van der Waals surface area contributed by atoms with Gasteiger partial charge in [-0.2, -0.15) is 0 Å². The molecule has 0 aliphatic carbocycles. The molecule has 1 atom stereocenters. The minimum atomic E-state index is -0.526. The highest BCUT2D eigenvalue weighted by molar-refractivity contribution is 5.92. The molecule has 1 amide bonds. The fourth-order valence-corrected chi connectivity index (χ4v) is 2.65. The fraction of sp³-hybridized carbons (Fsp3) is 0.0952. The summed E-state index contributed by atoms with van der Waals surface area (Å²) >= 11 is 0. The quantitative estimate of drug-likeness (QED) is 0.696. The molecule has 0 unspecified atom stereocenters. The number of fused-ring (bicyclic) bond motifs is 1. The fourth-order valence-electron chi connectivity index (χ4n) is 2.65. The second-order valence-electron chi connectivity index (χ2n) is 5.71. The highest BCUT2D eigenvalue weighted by atomic mass is 19.1. The van der Waals surface area contributed by atoms with E-state index in [1.54, 1.807) is 18.2 Å². The standard InChI is InChI=1S/C21H18FNO2/c22-19-8-4-3-6-16(19)11-12-21(25)23-20(14-24)18-10-9-15-5-1-2-7-17(15)13-18/h1-13,20,24H,14H2,(H,23,25)/b12-11+/t20-/m0/s1. The van der Waals surface area contributed by atoms with Crippen molar-refractivity contribution >= 4 is 22.8 Å². The molecule has 4 heteroatoms. The third kappa shape index (κ3) is 4.11. The summed E-state index contributed by atoms with van der Waals surface area (Å²) in [5, 5.41) is 14.5. The zero-order valence-electron chi connectivity index (χ0n) is 13.5. The highest BCUT2D eigenvalue weighted by Gasteiger charge is 2.12. The lowest BCUT2D eigenvalue weighted by atomic mass is 10.0. The minimum Gasteiger partial charge on any atom is -0.394 e. The molecule has 0 saturated heterocycles. The van der Waals surface area contributed by atoms with Gasteiger partial charge in [-0.3, -0.25) is 4.79 Å². The summed E-state index contributed by atoms with van der Waals surface area (Å²) in [5.74, 6) is -0.782. The van der Waals surface area contributed by atoms with E-state index in [2.05, 4.69) is 5.32 Å². The second kappa shape index (κ2) is 7.73. The first-order chi connectivity index (χ1) is 12.2. The van der Waals surface area contributed by atoms with Crippen molar-refractivity contribution in [1.82, 2.24) is 5.32 Å². The Bertz CT molecular complexity index is 920. The number of rotatable bonds is 5. The van der Waals surface area contributed by atoms with Crippen molar-refractivity contribution in [3.8, 4) is 0 Å². The first kappa shape index (κ1) is 16.9. The summed E-state index contributed by atoms with van der Waals surface area (Å²) in [4.78, 5) is 12.1. The van der Waals surface area contributed by atoms with Gasteiger partial charge in [-0.25, -0.2) is 4.39 Å². The number of amides is 1. The number of hydrogen-bond acceptors (Lipinski definition) is 2. The SMILES string of the molecule is O=C(/C=C/c1ccccc1F)N[C@@H](CO)c1ccc2ccccc2c1. The van der Waals surface area contributed by atoms with Crippen LogP contribution >= 0.6 is 0 Å². The molecular weight excluding hydrogens is 317 g/mol. The first-order valence-electron chi connectivity index (χ1n) is 8.00. The van der Waals surface area contributed by atoms with Gasteiger partial charge >= 0.3 is 0 Å². The maximum atomic E-state index is 13.6. The van der Waals surface area contributed by atoms with Gasteiger partial charge in [0.15, 0.2) is 0 Å². The van der Waals surface area contributed by atoms with Crippen molar-refractivity contribution in [2.45, 2.75) is 6.04 Å². The zero-order valence-corrected chi connectivity index (χ0v) is 13.5. The molecule has 0 aliphatic rings. The Morgan fingerprint density at radius 1 is 1.04 bits per heavy atom. The van der Waals surface area contributed by atoms with Crippen molar-refractivity contribution in [2.75, 3.05) is 6.61 Å². The number of nitrogens with one attached hydrogen (secondary N) is 1. The van der Waals surface area contributed by atoms with Gasteiger partial charge in [0.2, 0.25) is 5.91 Å².